The van der Waals surface area contributed by atoms with Crippen LogP contribution in [0, 0.1) is 23.6 Å². The number of esters is 1. The fraction of sp³-hybridized carbons (Fsp3) is 0.474. The highest BCUT2D eigenvalue weighted by molar-refractivity contribution is 5.95. The summed E-state index contributed by atoms with van der Waals surface area (Å²) in [7, 11) is 0. The Kier molecular flexibility index (Phi) is 4.19. The van der Waals surface area contributed by atoms with Crippen LogP contribution in [-0.4, -0.2) is 43.0 Å². The van der Waals surface area contributed by atoms with Crippen molar-refractivity contribution >= 4 is 23.3 Å². The van der Waals surface area contributed by atoms with Crippen LogP contribution in [0.25, 0.3) is 5.57 Å². The van der Waals surface area contributed by atoms with Crippen LogP contribution < -0.4 is 4.90 Å². The molecule has 1 amide bonds. The zero-order valence-corrected chi connectivity index (χ0v) is 14.4. The number of aliphatic hydroxyl groups excluding tert-OH is 1. The van der Waals surface area contributed by atoms with E-state index in [0.717, 1.165) is 17.6 Å². The van der Waals surface area contributed by atoms with Crippen LogP contribution in [0.1, 0.15) is 18.9 Å². The second-order valence-electron chi connectivity index (χ2n) is 7.05. The van der Waals surface area contributed by atoms with Gasteiger partial charge in [0.05, 0.1) is 5.69 Å². The molecule has 138 valence electrons. The van der Waals surface area contributed by atoms with E-state index >= 15 is 0 Å². The van der Waals surface area contributed by atoms with Crippen molar-refractivity contribution in [2.24, 2.45) is 17.8 Å². The summed E-state index contributed by atoms with van der Waals surface area (Å²) in [6.07, 6.45) is 2.34. The number of fused-ring (bicyclic) bond motifs is 1. The molecule has 3 aliphatic rings. The Morgan fingerprint density at radius 3 is 2.92 bits per heavy atom. The Morgan fingerprint density at radius 2 is 2.27 bits per heavy atom. The number of halogens is 1. The summed E-state index contributed by atoms with van der Waals surface area (Å²) in [4.78, 5) is 24.7. The molecule has 1 unspecified atom stereocenters. The van der Waals surface area contributed by atoms with Crippen molar-refractivity contribution < 1.29 is 28.6 Å². The first-order valence-electron chi connectivity index (χ1n) is 8.70. The topological polar surface area (TPSA) is 76.1 Å². The second kappa shape index (κ2) is 6.39. The average molecular weight is 361 g/mol. The molecule has 0 radical (unpaired) electrons. The summed E-state index contributed by atoms with van der Waals surface area (Å²) in [5.41, 5.74) is 2.25. The molecule has 0 bridgehead atoms. The van der Waals surface area contributed by atoms with Gasteiger partial charge in [-0.25, -0.2) is 9.18 Å². The van der Waals surface area contributed by atoms with Gasteiger partial charge in [0, 0.05) is 19.1 Å². The number of cyclic esters (lactones) is 1. The van der Waals surface area contributed by atoms with Gasteiger partial charge in [0.2, 0.25) is 0 Å². The predicted molar refractivity (Wildman–Crippen MR) is 90.8 cm³/mol. The van der Waals surface area contributed by atoms with Gasteiger partial charge in [0.25, 0.3) is 0 Å². The lowest BCUT2D eigenvalue weighted by Gasteiger charge is -2.24. The summed E-state index contributed by atoms with van der Waals surface area (Å²) in [6, 6.07) is 3.87. The molecule has 1 heterocycles. The van der Waals surface area contributed by atoms with Crippen molar-refractivity contribution in [3.63, 3.8) is 0 Å². The first kappa shape index (κ1) is 17.0. The number of hydrogen-bond acceptors (Lipinski definition) is 5. The lowest BCUT2D eigenvalue weighted by atomic mass is 9.98. The molecule has 0 spiro atoms. The average Bonchev–Trinajstić information content (AvgIpc) is 2.93. The van der Waals surface area contributed by atoms with Gasteiger partial charge in [-0.2, -0.15) is 0 Å². The van der Waals surface area contributed by atoms with Gasteiger partial charge in [-0.1, -0.05) is 6.08 Å². The number of ether oxygens (including phenoxy) is 2. The van der Waals surface area contributed by atoms with E-state index in [0.29, 0.717) is 23.4 Å². The number of amides is 1. The molecule has 6 nitrogen and oxygen atoms in total. The van der Waals surface area contributed by atoms with Crippen LogP contribution in [0.4, 0.5) is 14.9 Å². The van der Waals surface area contributed by atoms with E-state index in [9.17, 15) is 19.1 Å². The standard InChI is InChI=1S/C19H20FNO5/c1-10(23)25-8-13-9-26-19(24)21(13)18-6-12(20)2-3-14(18)11-4-15-16(5-11)17(15)7-22/h2-4,6,13,15-17,22H,5,7-9H2,1H3/t13-,15?,16-,17-/m0/s1. The minimum atomic E-state index is -0.578. The van der Waals surface area contributed by atoms with E-state index in [1.165, 1.54) is 24.0 Å². The fourth-order valence-corrected chi connectivity index (χ4v) is 4.09. The zero-order valence-electron chi connectivity index (χ0n) is 14.4. The van der Waals surface area contributed by atoms with Gasteiger partial charge >= 0.3 is 12.1 Å². The molecule has 2 fully saturated rings. The smallest absolute Gasteiger partial charge is 0.414 e. The lowest BCUT2D eigenvalue weighted by molar-refractivity contribution is -0.141. The maximum absolute atomic E-state index is 13.9. The van der Waals surface area contributed by atoms with Gasteiger partial charge in [-0.3, -0.25) is 9.69 Å². The van der Waals surface area contributed by atoms with Crippen LogP contribution in [-0.2, 0) is 14.3 Å². The third-order valence-corrected chi connectivity index (χ3v) is 5.46. The highest BCUT2D eigenvalue weighted by Crippen LogP contribution is 2.58. The largest absolute Gasteiger partial charge is 0.464 e. The van der Waals surface area contributed by atoms with E-state index in [2.05, 4.69) is 6.08 Å². The van der Waals surface area contributed by atoms with E-state index in [1.807, 2.05) is 0 Å². The Hall–Kier alpha value is -2.41. The SMILES string of the molecule is CC(=O)OC[C@H]1COC(=O)N1c1cc(F)ccc1C1=CC2[C@H](CO)[C@H]2C1. The Morgan fingerprint density at radius 1 is 1.46 bits per heavy atom. The third-order valence-electron chi connectivity index (χ3n) is 5.46. The van der Waals surface area contributed by atoms with E-state index in [-0.39, 0.29) is 19.8 Å². The van der Waals surface area contributed by atoms with Crippen LogP contribution in [0.5, 0.6) is 0 Å². The molecular formula is C19H20FNO5. The molecule has 1 saturated carbocycles. The van der Waals surface area contributed by atoms with Crippen LogP contribution in [0.3, 0.4) is 0 Å². The Balaban J connectivity index is 1.65. The zero-order chi connectivity index (χ0) is 18.4. The van der Waals surface area contributed by atoms with Gasteiger partial charge in [-0.15, -0.1) is 0 Å². The number of nitrogens with zero attached hydrogens (tertiary/aromatic N) is 1. The van der Waals surface area contributed by atoms with Crippen LogP contribution in [0.15, 0.2) is 24.3 Å². The van der Waals surface area contributed by atoms with E-state index in [1.54, 1.807) is 6.07 Å². The van der Waals surface area contributed by atoms with Gasteiger partial charge in [0.15, 0.2) is 0 Å². The number of carbonyl (C=O) groups excluding carboxylic acids is 2. The second-order valence-corrected chi connectivity index (χ2v) is 7.05. The molecule has 4 atom stereocenters. The first-order chi connectivity index (χ1) is 12.5. The maximum Gasteiger partial charge on any atom is 0.414 e. The number of aliphatic hydroxyl groups is 1. The highest BCUT2D eigenvalue weighted by Gasteiger charge is 2.52. The number of carbonyl (C=O) groups is 2. The number of rotatable bonds is 5. The fourth-order valence-electron chi connectivity index (χ4n) is 4.09. The molecule has 1 aromatic rings. The molecule has 1 saturated heterocycles. The first-order valence-corrected chi connectivity index (χ1v) is 8.70. The molecule has 1 N–H and O–H groups in total. The minimum Gasteiger partial charge on any atom is -0.464 e. The Labute approximate surface area is 150 Å². The number of anilines is 1. The van der Waals surface area contributed by atoms with E-state index < -0.39 is 23.9 Å². The van der Waals surface area contributed by atoms with Crippen LogP contribution >= 0.6 is 0 Å². The highest BCUT2D eigenvalue weighted by atomic mass is 19.1. The lowest BCUT2D eigenvalue weighted by Crippen LogP contribution is -2.38. The summed E-state index contributed by atoms with van der Waals surface area (Å²) in [5.74, 6) is 0.200. The summed E-state index contributed by atoms with van der Waals surface area (Å²) >= 11 is 0. The van der Waals surface area contributed by atoms with Gasteiger partial charge in [-0.05, 0) is 47.9 Å². The molecule has 1 aromatic carbocycles. The monoisotopic (exact) mass is 361 g/mol. The molecule has 2 aliphatic carbocycles. The number of benzene rings is 1. The quantitative estimate of drug-likeness (QED) is 0.815. The third kappa shape index (κ3) is 2.86. The van der Waals surface area contributed by atoms with Gasteiger partial charge < -0.3 is 14.6 Å². The normalized spacial score (nSPS) is 29.3. The van der Waals surface area contributed by atoms with Crippen molar-refractivity contribution in [2.45, 2.75) is 19.4 Å². The van der Waals surface area contributed by atoms with Gasteiger partial charge in [0.1, 0.15) is 25.1 Å². The Bertz CT molecular complexity index is 792. The number of allylic oxidation sites excluding steroid dienone is 2. The predicted octanol–water partition coefficient (Wildman–Crippen LogP) is 2.36. The van der Waals surface area contributed by atoms with Crippen molar-refractivity contribution in [1.29, 1.82) is 0 Å². The van der Waals surface area contributed by atoms with Crippen molar-refractivity contribution in [3.05, 3.63) is 35.7 Å². The van der Waals surface area contributed by atoms with E-state index in [4.69, 9.17) is 9.47 Å². The summed E-state index contributed by atoms with van der Waals surface area (Å²) < 4.78 is 24.1. The molecule has 0 aromatic heterocycles. The van der Waals surface area contributed by atoms with Crippen molar-refractivity contribution in [3.8, 4) is 0 Å². The molecule has 1 aliphatic heterocycles. The van der Waals surface area contributed by atoms with Crippen LogP contribution in [0.2, 0.25) is 0 Å². The molecular weight excluding hydrogens is 341 g/mol. The van der Waals surface area contributed by atoms with Crippen molar-refractivity contribution in [2.75, 3.05) is 24.7 Å². The minimum absolute atomic E-state index is 0.00604. The summed E-state index contributed by atoms with van der Waals surface area (Å²) in [5, 5.41) is 9.32. The molecule has 7 heteroatoms. The summed E-state index contributed by atoms with van der Waals surface area (Å²) in [6.45, 7) is 1.55. The maximum atomic E-state index is 13.9. The van der Waals surface area contributed by atoms with Crippen molar-refractivity contribution in [1.82, 2.24) is 0 Å². The number of hydrogen-bond donors (Lipinski definition) is 1. The molecule has 4 rings (SSSR count). The molecule has 26 heavy (non-hydrogen) atoms.